The van der Waals surface area contributed by atoms with E-state index in [9.17, 15) is 19.2 Å². The Balaban J connectivity index is 1.71. The van der Waals surface area contributed by atoms with Crippen LogP contribution in [0, 0.1) is 17.2 Å². The predicted molar refractivity (Wildman–Crippen MR) is 109 cm³/mol. The number of hydrogen-bond donors (Lipinski definition) is 1. The number of nitrogens with one attached hydrogen (secondary N) is 1. The first-order chi connectivity index (χ1) is 14.3. The van der Waals surface area contributed by atoms with Crippen LogP contribution in [0.15, 0.2) is 35.7 Å². The topological polar surface area (TPSA) is 117 Å². The molecule has 1 aromatic carbocycles. The molecule has 2 heterocycles. The highest BCUT2D eigenvalue weighted by Gasteiger charge is 2.43. The van der Waals surface area contributed by atoms with Gasteiger partial charge in [-0.1, -0.05) is 26.0 Å². The molecule has 8 nitrogen and oxygen atoms in total. The van der Waals surface area contributed by atoms with Crippen LogP contribution in [-0.4, -0.2) is 41.2 Å². The van der Waals surface area contributed by atoms with Crippen molar-refractivity contribution in [3.63, 3.8) is 0 Å². The molecule has 0 saturated heterocycles. The first kappa shape index (κ1) is 21.2. The van der Waals surface area contributed by atoms with Gasteiger partial charge >= 0.3 is 5.97 Å². The van der Waals surface area contributed by atoms with Crippen LogP contribution in [-0.2, 0) is 14.3 Å². The van der Waals surface area contributed by atoms with Gasteiger partial charge in [0, 0.05) is 0 Å². The monoisotopic (exact) mass is 425 g/mol. The van der Waals surface area contributed by atoms with Gasteiger partial charge in [-0.25, -0.2) is 4.79 Å². The van der Waals surface area contributed by atoms with Gasteiger partial charge in [0.25, 0.3) is 17.7 Å². The second-order valence-corrected chi connectivity index (χ2v) is 8.02. The highest BCUT2D eigenvalue weighted by atomic mass is 32.1. The molecular formula is C21H19N3O5S. The maximum Gasteiger partial charge on any atom is 0.329 e. The number of carbonyl (C=O) groups excluding carboxylic acids is 4. The van der Waals surface area contributed by atoms with Crippen molar-refractivity contribution in [3.8, 4) is 6.07 Å². The predicted octanol–water partition coefficient (Wildman–Crippen LogP) is 2.81. The quantitative estimate of drug-likeness (QED) is 0.539. The van der Waals surface area contributed by atoms with Gasteiger partial charge in [0.2, 0.25) is 0 Å². The lowest BCUT2D eigenvalue weighted by molar-refractivity contribution is -0.151. The average molecular weight is 425 g/mol. The van der Waals surface area contributed by atoms with E-state index < -0.39 is 36.3 Å². The van der Waals surface area contributed by atoms with Gasteiger partial charge in [0.15, 0.2) is 6.61 Å². The van der Waals surface area contributed by atoms with E-state index in [-0.39, 0.29) is 23.5 Å². The number of nitriles is 1. The van der Waals surface area contributed by atoms with E-state index in [0.29, 0.717) is 10.6 Å². The summed E-state index contributed by atoms with van der Waals surface area (Å²) in [5.74, 6) is -2.57. The minimum Gasteiger partial charge on any atom is -0.454 e. The van der Waals surface area contributed by atoms with Gasteiger partial charge in [0.1, 0.15) is 17.1 Å². The summed E-state index contributed by atoms with van der Waals surface area (Å²) in [5.41, 5.74) is 0.787. The highest BCUT2D eigenvalue weighted by molar-refractivity contribution is 7.14. The fourth-order valence-electron chi connectivity index (χ4n) is 3.13. The Hall–Kier alpha value is -3.51. The van der Waals surface area contributed by atoms with Crippen molar-refractivity contribution in [2.24, 2.45) is 5.92 Å². The molecule has 1 N–H and O–H groups in total. The molecule has 3 amide bonds. The van der Waals surface area contributed by atoms with Crippen molar-refractivity contribution in [1.82, 2.24) is 4.90 Å². The molecule has 0 saturated carbocycles. The molecule has 1 aliphatic heterocycles. The smallest absolute Gasteiger partial charge is 0.329 e. The number of carbonyl (C=O) groups is 4. The van der Waals surface area contributed by atoms with Gasteiger partial charge in [0.05, 0.1) is 16.7 Å². The third-order valence-corrected chi connectivity index (χ3v) is 5.32. The zero-order valence-electron chi connectivity index (χ0n) is 16.4. The SMILES string of the molecule is CC(C)CC(C(=O)OCC(=O)Nc1sccc1C#N)N1C(=O)c2ccccc2C1=O. The maximum atomic E-state index is 12.7. The lowest BCUT2D eigenvalue weighted by Gasteiger charge is -2.25. The van der Waals surface area contributed by atoms with Crippen molar-refractivity contribution in [2.75, 3.05) is 11.9 Å². The molecule has 154 valence electrons. The number of imide groups is 1. The molecule has 0 spiro atoms. The van der Waals surface area contributed by atoms with Crippen LogP contribution >= 0.6 is 11.3 Å². The number of nitrogens with zero attached hydrogens (tertiary/aromatic N) is 2. The maximum absolute atomic E-state index is 12.7. The van der Waals surface area contributed by atoms with Gasteiger partial charge < -0.3 is 10.1 Å². The summed E-state index contributed by atoms with van der Waals surface area (Å²) in [4.78, 5) is 51.3. The van der Waals surface area contributed by atoms with Crippen LogP contribution in [0.3, 0.4) is 0 Å². The largest absolute Gasteiger partial charge is 0.454 e. The Morgan fingerprint density at radius 3 is 2.37 bits per heavy atom. The zero-order valence-corrected chi connectivity index (χ0v) is 17.2. The van der Waals surface area contributed by atoms with Gasteiger partial charge in [-0.05, 0) is 35.9 Å². The standard InChI is InChI=1S/C21H19N3O5S/c1-12(2)9-16(24-19(26)14-5-3-4-6-15(14)20(24)27)21(28)29-11-17(25)23-18-13(10-22)7-8-30-18/h3-8,12,16H,9,11H2,1-2H3,(H,23,25). The molecule has 0 radical (unpaired) electrons. The Kier molecular flexibility index (Phi) is 6.28. The summed E-state index contributed by atoms with van der Waals surface area (Å²) in [6.07, 6.45) is 0.204. The number of anilines is 1. The number of esters is 1. The van der Waals surface area contributed by atoms with Crippen molar-refractivity contribution < 1.29 is 23.9 Å². The molecule has 1 unspecified atom stereocenters. The fraction of sp³-hybridized carbons (Fsp3) is 0.286. The number of benzene rings is 1. The number of rotatable bonds is 7. The Morgan fingerprint density at radius 2 is 1.80 bits per heavy atom. The summed E-state index contributed by atoms with van der Waals surface area (Å²) in [6, 6.07) is 8.74. The van der Waals surface area contributed by atoms with E-state index in [1.807, 2.05) is 19.9 Å². The van der Waals surface area contributed by atoms with Crippen LogP contribution < -0.4 is 5.32 Å². The first-order valence-electron chi connectivity index (χ1n) is 9.24. The van der Waals surface area contributed by atoms with E-state index in [0.717, 1.165) is 4.90 Å². The minimum atomic E-state index is -1.14. The van der Waals surface area contributed by atoms with Crippen molar-refractivity contribution in [2.45, 2.75) is 26.3 Å². The van der Waals surface area contributed by atoms with Crippen LogP contribution in [0.25, 0.3) is 0 Å². The lowest BCUT2D eigenvalue weighted by atomic mass is 10.0. The normalized spacial score (nSPS) is 13.7. The van der Waals surface area contributed by atoms with Crippen LogP contribution in [0.4, 0.5) is 5.00 Å². The number of thiophene rings is 1. The second kappa shape index (κ2) is 8.88. The summed E-state index contributed by atoms with van der Waals surface area (Å²) in [6.45, 7) is 3.11. The van der Waals surface area contributed by atoms with E-state index in [1.54, 1.807) is 23.6 Å². The molecule has 0 fully saturated rings. The lowest BCUT2D eigenvalue weighted by Crippen LogP contribution is -2.46. The summed E-state index contributed by atoms with van der Waals surface area (Å²) in [7, 11) is 0. The molecular weight excluding hydrogens is 406 g/mol. The molecule has 3 rings (SSSR count). The van der Waals surface area contributed by atoms with Crippen LogP contribution in [0.1, 0.15) is 46.5 Å². The molecule has 30 heavy (non-hydrogen) atoms. The van der Waals surface area contributed by atoms with Crippen molar-refractivity contribution in [3.05, 3.63) is 52.4 Å². The third kappa shape index (κ3) is 4.23. The van der Waals surface area contributed by atoms with Gasteiger partial charge in [-0.3, -0.25) is 19.3 Å². The Bertz CT molecular complexity index is 1020. The highest BCUT2D eigenvalue weighted by Crippen LogP contribution is 2.27. The van der Waals surface area contributed by atoms with Crippen LogP contribution in [0.2, 0.25) is 0 Å². The Morgan fingerprint density at radius 1 is 1.17 bits per heavy atom. The molecule has 1 atom stereocenters. The molecule has 2 aromatic rings. The molecule has 0 bridgehead atoms. The number of ether oxygens (including phenoxy) is 1. The summed E-state index contributed by atoms with van der Waals surface area (Å²) >= 11 is 1.17. The molecule has 0 aliphatic carbocycles. The number of amides is 3. The number of hydrogen-bond acceptors (Lipinski definition) is 7. The molecule has 1 aromatic heterocycles. The van der Waals surface area contributed by atoms with E-state index in [4.69, 9.17) is 10.00 Å². The van der Waals surface area contributed by atoms with Crippen molar-refractivity contribution in [1.29, 1.82) is 5.26 Å². The third-order valence-electron chi connectivity index (χ3n) is 4.49. The summed E-state index contributed by atoms with van der Waals surface area (Å²) < 4.78 is 5.12. The fourth-order valence-corrected chi connectivity index (χ4v) is 3.89. The van der Waals surface area contributed by atoms with Crippen molar-refractivity contribution >= 4 is 40.0 Å². The first-order valence-corrected chi connectivity index (χ1v) is 10.1. The van der Waals surface area contributed by atoms with E-state index in [2.05, 4.69) is 5.32 Å². The minimum absolute atomic E-state index is 0.00926. The Labute approximate surface area is 177 Å². The van der Waals surface area contributed by atoms with Gasteiger partial charge in [-0.2, -0.15) is 5.26 Å². The molecule has 9 heteroatoms. The zero-order chi connectivity index (χ0) is 21.8. The summed E-state index contributed by atoms with van der Waals surface area (Å²) in [5, 5.41) is 13.5. The van der Waals surface area contributed by atoms with Crippen LogP contribution in [0.5, 0.6) is 0 Å². The van der Waals surface area contributed by atoms with E-state index in [1.165, 1.54) is 23.5 Å². The average Bonchev–Trinajstić information content (AvgIpc) is 3.27. The number of fused-ring (bicyclic) bond motifs is 1. The molecule has 1 aliphatic rings. The second-order valence-electron chi connectivity index (χ2n) is 7.10. The van der Waals surface area contributed by atoms with Gasteiger partial charge in [-0.15, -0.1) is 11.3 Å². The van der Waals surface area contributed by atoms with E-state index >= 15 is 0 Å².